The van der Waals surface area contributed by atoms with Crippen LogP contribution < -0.4 is 16.6 Å². The molecule has 2 N–H and O–H groups in total. The summed E-state index contributed by atoms with van der Waals surface area (Å²) < 4.78 is 9.15. The molecule has 0 fully saturated rings. The van der Waals surface area contributed by atoms with E-state index < -0.39 is 18.6 Å². The van der Waals surface area contributed by atoms with Crippen LogP contribution in [0.4, 0.5) is 0 Å². The number of aliphatic hydroxyl groups excluding tert-OH is 1. The lowest BCUT2D eigenvalue weighted by Crippen LogP contribution is -2.44. The van der Waals surface area contributed by atoms with Gasteiger partial charge in [0.15, 0.2) is 17.2 Å². The number of ether oxygens (including phenoxy) is 1. The molecule has 1 amide bonds. The molecule has 2 rings (SSSR count). The van der Waals surface area contributed by atoms with Crippen LogP contribution in [-0.2, 0) is 35.0 Å². The van der Waals surface area contributed by atoms with Crippen molar-refractivity contribution in [2.24, 2.45) is 14.1 Å². The molecule has 2 aromatic rings. The van der Waals surface area contributed by atoms with E-state index in [2.05, 4.69) is 10.3 Å². The second-order valence-corrected chi connectivity index (χ2v) is 8.46. The Kier molecular flexibility index (Phi) is 11.0. The van der Waals surface area contributed by atoms with Crippen molar-refractivity contribution < 1.29 is 19.4 Å². The molecule has 11 heteroatoms. The topological polar surface area (TPSA) is 137 Å². The monoisotopic (exact) mass is 479 g/mol. The molecule has 11 nitrogen and oxygen atoms in total. The highest BCUT2D eigenvalue weighted by Gasteiger charge is 2.20. The molecule has 0 saturated carbocycles. The van der Waals surface area contributed by atoms with Gasteiger partial charge in [-0.25, -0.2) is 14.6 Å². The first kappa shape index (κ1) is 27.3. The quantitative estimate of drug-likeness (QED) is 0.287. The predicted octanol–water partition coefficient (Wildman–Crippen LogP) is 0.985. The third-order valence-corrected chi connectivity index (χ3v) is 5.83. The first-order valence-corrected chi connectivity index (χ1v) is 12.0. The molecule has 1 unspecified atom stereocenters. The number of esters is 1. The molecule has 0 radical (unpaired) electrons. The van der Waals surface area contributed by atoms with Crippen LogP contribution in [0.1, 0.15) is 64.7 Å². The third kappa shape index (κ3) is 7.28. The summed E-state index contributed by atoms with van der Waals surface area (Å²) in [7, 11) is 3.37. The summed E-state index contributed by atoms with van der Waals surface area (Å²) in [5, 5.41) is 11.7. The number of aryl methyl sites for hydroxylation is 2. The highest BCUT2D eigenvalue weighted by atomic mass is 16.5. The number of nitrogens with zero attached hydrogens (tertiary/aromatic N) is 4. The van der Waals surface area contributed by atoms with Gasteiger partial charge in [0.05, 0.1) is 19.5 Å². The number of nitrogens with one attached hydrogen (secondary N) is 1. The van der Waals surface area contributed by atoms with E-state index in [9.17, 15) is 24.3 Å². The van der Waals surface area contributed by atoms with Crippen LogP contribution in [0.15, 0.2) is 15.9 Å². The first-order chi connectivity index (χ1) is 16.3. The Morgan fingerprint density at radius 1 is 1.06 bits per heavy atom. The molecular formula is C23H37N5O6. The number of fused-ring (bicyclic) bond motifs is 1. The minimum Gasteiger partial charge on any atom is -0.464 e. The maximum absolute atomic E-state index is 12.7. The van der Waals surface area contributed by atoms with Gasteiger partial charge in [0.1, 0.15) is 0 Å². The Bertz CT molecular complexity index is 1070. The maximum atomic E-state index is 12.7. The number of aromatic nitrogens is 4. The van der Waals surface area contributed by atoms with Crippen LogP contribution in [0.3, 0.4) is 0 Å². The largest absolute Gasteiger partial charge is 0.464 e. The lowest BCUT2D eigenvalue weighted by atomic mass is 10.1. The van der Waals surface area contributed by atoms with Crippen molar-refractivity contribution in [1.29, 1.82) is 0 Å². The number of aliphatic hydroxyl groups is 1. The first-order valence-electron chi connectivity index (χ1n) is 12.0. The number of carbonyl (C=O) groups excluding carboxylic acids is 2. The molecule has 34 heavy (non-hydrogen) atoms. The van der Waals surface area contributed by atoms with Gasteiger partial charge >= 0.3 is 11.7 Å². The Morgan fingerprint density at radius 2 is 1.68 bits per heavy atom. The van der Waals surface area contributed by atoms with Gasteiger partial charge in [0.25, 0.3) is 5.56 Å². The fraction of sp³-hybridized carbons (Fsp3) is 0.696. The number of rotatable bonds is 15. The van der Waals surface area contributed by atoms with E-state index in [1.165, 1.54) is 15.5 Å². The van der Waals surface area contributed by atoms with Crippen molar-refractivity contribution in [3.05, 3.63) is 27.2 Å². The molecular weight excluding hydrogens is 442 g/mol. The second kappa shape index (κ2) is 13.7. The van der Waals surface area contributed by atoms with Crippen molar-refractivity contribution in [3.63, 3.8) is 0 Å². The zero-order valence-corrected chi connectivity index (χ0v) is 20.4. The van der Waals surface area contributed by atoms with E-state index in [-0.39, 0.29) is 23.8 Å². The second-order valence-electron chi connectivity index (χ2n) is 8.46. The molecule has 190 valence electrons. The Labute approximate surface area is 198 Å². The average Bonchev–Trinajstić information content (AvgIpc) is 3.20. The fourth-order valence-corrected chi connectivity index (χ4v) is 3.90. The summed E-state index contributed by atoms with van der Waals surface area (Å²) in [6.45, 7) is 1.78. The number of hydrogen-bond donors (Lipinski definition) is 2. The van der Waals surface area contributed by atoms with Crippen LogP contribution in [0.5, 0.6) is 0 Å². The summed E-state index contributed by atoms with van der Waals surface area (Å²) >= 11 is 0. The van der Waals surface area contributed by atoms with Gasteiger partial charge in [-0.3, -0.25) is 18.7 Å². The highest BCUT2D eigenvalue weighted by molar-refractivity contribution is 5.84. The lowest BCUT2D eigenvalue weighted by Gasteiger charge is -2.14. The smallest absolute Gasteiger partial charge is 0.332 e. The fourth-order valence-electron chi connectivity index (χ4n) is 3.90. The van der Waals surface area contributed by atoms with Gasteiger partial charge in [0.2, 0.25) is 5.91 Å². The van der Waals surface area contributed by atoms with E-state index in [1.807, 2.05) is 0 Å². The normalized spacial score (nSPS) is 12.1. The highest BCUT2D eigenvalue weighted by Crippen LogP contribution is 2.10. The Hall–Kier alpha value is -2.95. The molecule has 0 saturated heterocycles. The van der Waals surface area contributed by atoms with Crippen molar-refractivity contribution in [1.82, 2.24) is 24.0 Å². The summed E-state index contributed by atoms with van der Waals surface area (Å²) in [4.78, 5) is 52.8. The number of imidazole rings is 1. The number of carbonyl (C=O) groups is 2. The molecule has 0 aliphatic heterocycles. The zero-order valence-electron chi connectivity index (χ0n) is 20.4. The molecule has 2 heterocycles. The van der Waals surface area contributed by atoms with Crippen LogP contribution >= 0.6 is 0 Å². The van der Waals surface area contributed by atoms with Gasteiger partial charge in [0, 0.05) is 27.1 Å². The Morgan fingerprint density at radius 3 is 2.29 bits per heavy atom. The summed E-state index contributed by atoms with van der Waals surface area (Å²) in [6, 6.07) is -1.01. The third-order valence-electron chi connectivity index (χ3n) is 5.83. The SMILES string of the molecule is CCOC(=O)C(CO)NC(=O)CCCCCCCCCCn1c(=O)c2c(ncn2C)n(C)c1=O. The van der Waals surface area contributed by atoms with E-state index >= 15 is 0 Å². The minimum atomic E-state index is -1.01. The molecule has 2 aromatic heterocycles. The van der Waals surface area contributed by atoms with E-state index in [0.29, 0.717) is 24.1 Å². The minimum absolute atomic E-state index is 0.198. The molecule has 1 atom stereocenters. The van der Waals surface area contributed by atoms with Crippen LogP contribution in [0.2, 0.25) is 0 Å². The molecule has 0 aliphatic carbocycles. The van der Waals surface area contributed by atoms with Gasteiger partial charge in [-0.1, -0.05) is 38.5 Å². The molecule has 0 aromatic carbocycles. The van der Waals surface area contributed by atoms with Crippen molar-refractivity contribution in [3.8, 4) is 0 Å². The van der Waals surface area contributed by atoms with Gasteiger partial charge in [-0.05, 0) is 19.8 Å². The molecule has 0 aliphatic rings. The maximum Gasteiger partial charge on any atom is 0.332 e. The average molecular weight is 480 g/mol. The molecule has 0 spiro atoms. The zero-order chi connectivity index (χ0) is 25.1. The lowest BCUT2D eigenvalue weighted by molar-refractivity contribution is -0.148. The van der Waals surface area contributed by atoms with Crippen LogP contribution in [0, 0.1) is 0 Å². The Balaban J connectivity index is 1.60. The predicted molar refractivity (Wildman–Crippen MR) is 127 cm³/mol. The van der Waals surface area contributed by atoms with Gasteiger partial charge < -0.3 is 19.7 Å². The van der Waals surface area contributed by atoms with Crippen molar-refractivity contribution in [2.45, 2.75) is 77.3 Å². The summed E-state index contributed by atoms with van der Waals surface area (Å²) in [5.41, 5.74) is 0.199. The van der Waals surface area contributed by atoms with Crippen molar-refractivity contribution >= 4 is 23.0 Å². The standard InChI is InChI=1S/C23H37N5O6/c1-4-34-22(32)17(15-29)25-18(30)13-11-9-7-5-6-8-10-12-14-28-21(31)19-20(24-16-26(19)2)27(3)23(28)33/h16-17,29H,4-15H2,1-3H3,(H,25,30). The van der Waals surface area contributed by atoms with E-state index in [1.54, 1.807) is 25.6 Å². The summed E-state index contributed by atoms with van der Waals surface area (Å²) in [6.07, 6.45) is 9.28. The van der Waals surface area contributed by atoms with Crippen molar-refractivity contribution in [2.75, 3.05) is 13.2 Å². The van der Waals surface area contributed by atoms with E-state index in [0.717, 1.165) is 51.4 Å². The number of hydrogen-bond acceptors (Lipinski definition) is 7. The molecule has 0 bridgehead atoms. The van der Waals surface area contributed by atoms with E-state index in [4.69, 9.17) is 4.74 Å². The number of amides is 1. The number of unbranched alkanes of at least 4 members (excludes halogenated alkanes) is 7. The van der Waals surface area contributed by atoms with Crippen LogP contribution in [0.25, 0.3) is 11.2 Å². The summed E-state index contributed by atoms with van der Waals surface area (Å²) in [5.74, 6) is -0.890. The van der Waals surface area contributed by atoms with Gasteiger partial charge in [-0.15, -0.1) is 0 Å². The van der Waals surface area contributed by atoms with Gasteiger partial charge in [-0.2, -0.15) is 0 Å². The van der Waals surface area contributed by atoms with Crippen LogP contribution in [-0.4, -0.2) is 54.9 Å².